The first kappa shape index (κ1) is 25.1. The van der Waals surface area contributed by atoms with Crippen molar-refractivity contribution in [2.24, 2.45) is 0 Å². The Labute approximate surface area is 199 Å². The molecule has 2 aromatic rings. The lowest BCUT2D eigenvalue weighted by atomic mass is 9.76. The van der Waals surface area contributed by atoms with Crippen LogP contribution in [0, 0.1) is 0 Å². The van der Waals surface area contributed by atoms with Crippen LogP contribution in [0.2, 0.25) is 5.02 Å². The van der Waals surface area contributed by atoms with E-state index in [1.807, 2.05) is 18.2 Å². The summed E-state index contributed by atoms with van der Waals surface area (Å²) < 4.78 is 47.8. The van der Waals surface area contributed by atoms with Crippen molar-refractivity contribution >= 4 is 27.6 Å². The second kappa shape index (κ2) is 10.2. The Morgan fingerprint density at radius 3 is 2.33 bits per heavy atom. The van der Waals surface area contributed by atoms with Crippen molar-refractivity contribution in [2.75, 3.05) is 40.2 Å². The number of hydrogen-bond acceptors (Lipinski definition) is 6. The molecular formula is C23H28ClNO7S. The molecule has 10 heteroatoms. The standard InChI is InChI=1S/C23H28ClNO7S/c1-30-19-12-16(13-20(31-2)21(19)32-3)22(26)25-10-9-23(15-25,8-5-11-33(27,28)29)17-6-4-7-18(24)14-17/h4,6-7,12-14H,5,8-11,15H2,1-3H3,(H,27,28,29). The van der Waals surface area contributed by atoms with E-state index < -0.39 is 15.5 Å². The second-order valence-corrected chi connectivity index (χ2v) is 10.1. The van der Waals surface area contributed by atoms with Crippen LogP contribution >= 0.6 is 11.6 Å². The lowest BCUT2D eigenvalue weighted by molar-refractivity contribution is 0.0781. The van der Waals surface area contributed by atoms with E-state index in [9.17, 15) is 17.8 Å². The highest BCUT2D eigenvalue weighted by Gasteiger charge is 2.41. The molecule has 180 valence electrons. The Morgan fingerprint density at radius 2 is 1.79 bits per heavy atom. The first-order chi connectivity index (χ1) is 15.6. The lowest BCUT2D eigenvalue weighted by Gasteiger charge is -2.30. The zero-order chi connectivity index (χ0) is 24.2. The predicted molar refractivity (Wildman–Crippen MR) is 125 cm³/mol. The smallest absolute Gasteiger partial charge is 0.264 e. The van der Waals surface area contributed by atoms with Gasteiger partial charge in [0.15, 0.2) is 11.5 Å². The third-order valence-electron chi connectivity index (χ3n) is 6.05. The fourth-order valence-corrected chi connectivity index (χ4v) is 5.13. The van der Waals surface area contributed by atoms with Crippen LogP contribution in [0.1, 0.15) is 35.2 Å². The summed E-state index contributed by atoms with van der Waals surface area (Å²) in [6.07, 6.45) is 1.37. The van der Waals surface area contributed by atoms with Crippen molar-refractivity contribution in [1.29, 1.82) is 0 Å². The monoisotopic (exact) mass is 497 g/mol. The van der Waals surface area contributed by atoms with Gasteiger partial charge in [0.2, 0.25) is 5.75 Å². The van der Waals surface area contributed by atoms with Gasteiger partial charge in [-0.25, -0.2) is 0 Å². The van der Waals surface area contributed by atoms with Gasteiger partial charge in [0.05, 0.1) is 27.1 Å². The zero-order valence-corrected chi connectivity index (χ0v) is 20.4. The summed E-state index contributed by atoms with van der Waals surface area (Å²) in [7, 11) is 0.394. The van der Waals surface area contributed by atoms with E-state index in [0.29, 0.717) is 53.8 Å². The molecule has 1 unspecified atom stereocenters. The third kappa shape index (κ3) is 5.72. The average Bonchev–Trinajstić information content (AvgIpc) is 3.22. The number of hydrogen-bond donors (Lipinski definition) is 1. The number of amides is 1. The van der Waals surface area contributed by atoms with E-state index in [0.717, 1.165) is 5.56 Å². The molecule has 3 rings (SSSR count). The minimum absolute atomic E-state index is 0.201. The second-order valence-electron chi connectivity index (χ2n) is 8.07. The molecular weight excluding hydrogens is 470 g/mol. The summed E-state index contributed by atoms with van der Waals surface area (Å²) >= 11 is 6.23. The van der Waals surface area contributed by atoms with Crippen LogP contribution in [-0.2, 0) is 15.5 Å². The Kier molecular flexibility index (Phi) is 7.76. The summed E-state index contributed by atoms with van der Waals surface area (Å²) in [5, 5.41) is 0.566. The molecule has 1 fully saturated rings. The van der Waals surface area contributed by atoms with E-state index in [-0.39, 0.29) is 18.1 Å². The van der Waals surface area contributed by atoms with Gasteiger partial charge < -0.3 is 19.1 Å². The van der Waals surface area contributed by atoms with Crippen LogP contribution in [0.25, 0.3) is 0 Å². The van der Waals surface area contributed by atoms with Crippen molar-refractivity contribution < 1.29 is 32.0 Å². The minimum Gasteiger partial charge on any atom is -0.493 e. The quantitative estimate of drug-likeness (QED) is 0.525. The van der Waals surface area contributed by atoms with E-state index in [4.69, 9.17) is 25.8 Å². The molecule has 1 N–H and O–H groups in total. The van der Waals surface area contributed by atoms with Gasteiger partial charge >= 0.3 is 0 Å². The molecule has 0 spiro atoms. The number of carbonyl (C=O) groups is 1. The van der Waals surface area contributed by atoms with Crippen molar-refractivity contribution in [1.82, 2.24) is 4.90 Å². The lowest BCUT2D eigenvalue weighted by Crippen LogP contribution is -2.35. The van der Waals surface area contributed by atoms with Gasteiger partial charge in [0, 0.05) is 29.1 Å². The number of carbonyl (C=O) groups excluding carboxylic acids is 1. The third-order valence-corrected chi connectivity index (χ3v) is 7.09. The van der Waals surface area contributed by atoms with Gasteiger partial charge in [-0.05, 0) is 49.1 Å². The van der Waals surface area contributed by atoms with Crippen LogP contribution in [0.3, 0.4) is 0 Å². The van der Waals surface area contributed by atoms with Crippen LogP contribution in [0.15, 0.2) is 36.4 Å². The molecule has 1 aliphatic heterocycles. The number of likely N-dealkylation sites (tertiary alicyclic amines) is 1. The largest absolute Gasteiger partial charge is 0.493 e. The minimum atomic E-state index is -4.07. The molecule has 0 bridgehead atoms. The Balaban J connectivity index is 1.91. The highest BCUT2D eigenvalue weighted by Crippen LogP contribution is 2.42. The van der Waals surface area contributed by atoms with E-state index in [2.05, 4.69) is 0 Å². The Morgan fingerprint density at radius 1 is 1.12 bits per heavy atom. The number of ether oxygens (including phenoxy) is 3. The number of halogens is 1. The van der Waals surface area contributed by atoms with E-state index >= 15 is 0 Å². The topological polar surface area (TPSA) is 102 Å². The van der Waals surface area contributed by atoms with E-state index in [1.165, 1.54) is 21.3 Å². The van der Waals surface area contributed by atoms with Crippen molar-refractivity contribution in [3.8, 4) is 17.2 Å². The highest BCUT2D eigenvalue weighted by molar-refractivity contribution is 7.85. The fraction of sp³-hybridized carbons (Fsp3) is 0.435. The van der Waals surface area contributed by atoms with Crippen molar-refractivity contribution in [2.45, 2.75) is 24.7 Å². The average molecular weight is 498 g/mol. The molecule has 1 saturated heterocycles. The van der Waals surface area contributed by atoms with Crippen LogP contribution < -0.4 is 14.2 Å². The van der Waals surface area contributed by atoms with Crippen molar-refractivity contribution in [3.63, 3.8) is 0 Å². The van der Waals surface area contributed by atoms with Gasteiger partial charge in [-0.2, -0.15) is 8.42 Å². The summed E-state index contributed by atoms with van der Waals surface area (Å²) in [6.45, 7) is 0.863. The maximum Gasteiger partial charge on any atom is 0.264 e. The maximum absolute atomic E-state index is 13.4. The molecule has 0 aliphatic carbocycles. The molecule has 1 atom stereocenters. The summed E-state index contributed by atoms with van der Waals surface area (Å²) in [4.78, 5) is 15.1. The summed E-state index contributed by atoms with van der Waals surface area (Å²) in [5.41, 5.74) is 0.848. The predicted octanol–water partition coefficient (Wildman–Crippen LogP) is 3.82. The first-order valence-corrected chi connectivity index (χ1v) is 12.4. The molecule has 0 saturated carbocycles. The SMILES string of the molecule is COc1cc(C(=O)N2CCC(CCCS(=O)(=O)O)(c3cccc(Cl)c3)C2)cc(OC)c1OC. The molecule has 2 aromatic carbocycles. The zero-order valence-electron chi connectivity index (χ0n) is 18.8. The number of nitrogens with zero attached hydrogens (tertiary/aromatic N) is 1. The Hall–Kier alpha value is -2.49. The van der Waals surface area contributed by atoms with Crippen LogP contribution in [0.5, 0.6) is 17.2 Å². The molecule has 1 heterocycles. The summed E-state index contributed by atoms with van der Waals surface area (Å²) in [6, 6.07) is 10.6. The molecule has 1 aliphatic rings. The fourth-order valence-electron chi connectivity index (χ4n) is 4.43. The van der Waals surface area contributed by atoms with Crippen molar-refractivity contribution in [3.05, 3.63) is 52.5 Å². The molecule has 8 nitrogen and oxygen atoms in total. The molecule has 0 aromatic heterocycles. The van der Waals surface area contributed by atoms with Gasteiger partial charge in [-0.15, -0.1) is 0 Å². The van der Waals surface area contributed by atoms with E-state index in [1.54, 1.807) is 23.1 Å². The normalized spacial score (nSPS) is 18.3. The number of benzene rings is 2. The Bertz CT molecular complexity index is 1100. The maximum atomic E-state index is 13.4. The van der Waals surface area contributed by atoms with Gasteiger partial charge in [0.1, 0.15) is 0 Å². The molecule has 0 radical (unpaired) electrons. The van der Waals surface area contributed by atoms with Crippen LogP contribution in [0.4, 0.5) is 0 Å². The van der Waals surface area contributed by atoms with Crippen LogP contribution in [-0.4, -0.2) is 63.9 Å². The van der Waals surface area contributed by atoms with Gasteiger partial charge in [-0.3, -0.25) is 9.35 Å². The summed E-state index contributed by atoms with van der Waals surface area (Å²) in [5.74, 6) is 0.627. The van der Waals surface area contributed by atoms with Gasteiger partial charge in [0.25, 0.3) is 16.0 Å². The van der Waals surface area contributed by atoms with Gasteiger partial charge in [-0.1, -0.05) is 23.7 Å². The molecule has 1 amide bonds. The number of methoxy groups -OCH3 is 3. The molecule has 33 heavy (non-hydrogen) atoms. The number of rotatable bonds is 9. The highest BCUT2D eigenvalue weighted by atomic mass is 35.5. The first-order valence-electron chi connectivity index (χ1n) is 10.4.